The SMILES string of the molecule is Cc1ccc(N2CCC(CN)C2)c(C)c1. The van der Waals surface area contributed by atoms with Crippen molar-refractivity contribution in [1.29, 1.82) is 0 Å². The summed E-state index contributed by atoms with van der Waals surface area (Å²) >= 11 is 0. The van der Waals surface area contributed by atoms with Crippen LogP contribution in [-0.4, -0.2) is 19.6 Å². The van der Waals surface area contributed by atoms with E-state index in [1.807, 2.05) is 0 Å². The van der Waals surface area contributed by atoms with Gasteiger partial charge in [-0.3, -0.25) is 0 Å². The normalized spacial score (nSPS) is 21.0. The van der Waals surface area contributed by atoms with Crippen molar-refractivity contribution < 1.29 is 0 Å². The molecule has 0 radical (unpaired) electrons. The summed E-state index contributed by atoms with van der Waals surface area (Å²) in [4.78, 5) is 2.46. The van der Waals surface area contributed by atoms with Gasteiger partial charge in [0.2, 0.25) is 0 Å². The standard InChI is InChI=1S/C13H20N2/c1-10-3-4-13(11(2)7-10)15-6-5-12(8-14)9-15/h3-4,7,12H,5-6,8-9,14H2,1-2H3. The molecule has 2 rings (SSSR count). The Bertz CT molecular complexity index is 346. The molecular formula is C13H20N2. The van der Waals surface area contributed by atoms with E-state index in [-0.39, 0.29) is 0 Å². The quantitative estimate of drug-likeness (QED) is 0.799. The maximum atomic E-state index is 5.71. The highest BCUT2D eigenvalue weighted by atomic mass is 15.2. The molecule has 2 N–H and O–H groups in total. The van der Waals surface area contributed by atoms with Gasteiger partial charge in [-0.15, -0.1) is 0 Å². The van der Waals surface area contributed by atoms with Crippen molar-refractivity contribution in [1.82, 2.24) is 0 Å². The average Bonchev–Trinajstić information content (AvgIpc) is 2.66. The fraction of sp³-hybridized carbons (Fsp3) is 0.538. The van der Waals surface area contributed by atoms with Crippen LogP contribution in [0, 0.1) is 19.8 Å². The minimum absolute atomic E-state index is 0.686. The smallest absolute Gasteiger partial charge is 0.0396 e. The van der Waals surface area contributed by atoms with Crippen LogP contribution in [0.4, 0.5) is 5.69 Å². The second-order valence-electron chi connectivity index (χ2n) is 4.63. The van der Waals surface area contributed by atoms with E-state index in [2.05, 4.69) is 36.9 Å². The lowest BCUT2D eigenvalue weighted by atomic mass is 10.1. The summed E-state index contributed by atoms with van der Waals surface area (Å²) < 4.78 is 0. The van der Waals surface area contributed by atoms with Crippen LogP contribution in [0.1, 0.15) is 17.5 Å². The Morgan fingerprint density at radius 2 is 2.20 bits per heavy atom. The molecule has 1 saturated heterocycles. The summed E-state index contributed by atoms with van der Waals surface area (Å²) in [5, 5.41) is 0. The van der Waals surface area contributed by atoms with Crippen molar-refractivity contribution in [2.24, 2.45) is 11.7 Å². The highest BCUT2D eigenvalue weighted by molar-refractivity contribution is 5.55. The Balaban J connectivity index is 2.17. The molecule has 0 aromatic heterocycles. The van der Waals surface area contributed by atoms with Crippen molar-refractivity contribution in [3.8, 4) is 0 Å². The van der Waals surface area contributed by atoms with Crippen LogP contribution in [0.5, 0.6) is 0 Å². The third-order valence-corrected chi connectivity index (χ3v) is 3.31. The maximum Gasteiger partial charge on any atom is 0.0396 e. The van der Waals surface area contributed by atoms with E-state index in [1.54, 1.807) is 0 Å². The van der Waals surface area contributed by atoms with E-state index in [0.29, 0.717) is 5.92 Å². The zero-order valence-electron chi connectivity index (χ0n) is 9.66. The molecule has 2 heteroatoms. The molecule has 1 aromatic carbocycles. The second-order valence-corrected chi connectivity index (χ2v) is 4.63. The van der Waals surface area contributed by atoms with Gasteiger partial charge in [-0.05, 0) is 44.4 Å². The van der Waals surface area contributed by atoms with Gasteiger partial charge >= 0.3 is 0 Å². The fourth-order valence-electron chi connectivity index (χ4n) is 2.40. The summed E-state index contributed by atoms with van der Waals surface area (Å²) in [6, 6.07) is 6.69. The Morgan fingerprint density at radius 1 is 1.40 bits per heavy atom. The first-order valence-corrected chi connectivity index (χ1v) is 5.73. The third-order valence-electron chi connectivity index (χ3n) is 3.31. The largest absolute Gasteiger partial charge is 0.371 e. The van der Waals surface area contributed by atoms with E-state index in [1.165, 1.54) is 23.2 Å². The van der Waals surface area contributed by atoms with Gasteiger partial charge in [-0.2, -0.15) is 0 Å². The molecule has 1 atom stereocenters. The van der Waals surface area contributed by atoms with Gasteiger partial charge in [0, 0.05) is 18.8 Å². The van der Waals surface area contributed by atoms with Crippen molar-refractivity contribution in [2.75, 3.05) is 24.5 Å². The molecule has 1 aromatic rings. The number of hydrogen-bond acceptors (Lipinski definition) is 2. The van der Waals surface area contributed by atoms with Crippen LogP contribution in [-0.2, 0) is 0 Å². The Morgan fingerprint density at radius 3 is 2.80 bits per heavy atom. The predicted octanol–water partition coefficient (Wildman–Crippen LogP) is 2.09. The minimum atomic E-state index is 0.686. The molecule has 0 saturated carbocycles. The van der Waals surface area contributed by atoms with Crippen LogP contribution < -0.4 is 10.6 Å². The predicted molar refractivity (Wildman–Crippen MR) is 65.3 cm³/mol. The van der Waals surface area contributed by atoms with E-state index in [0.717, 1.165) is 19.6 Å². The van der Waals surface area contributed by atoms with Crippen molar-refractivity contribution in [2.45, 2.75) is 20.3 Å². The molecule has 0 spiro atoms. The molecule has 0 aliphatic carbocycles. The minimum Gasteiger partial charge on any atom is -0.371 e. The van der Waals surface area contributed by atoms with Crippen LogP contribution in [0.25, 0.3) is 0 Å². The molecule has 1 aliphatic heterocycles. The van der Waals surface area contributed by atoms with Gasteiger partial charge < -0.3 is 10.6 Å². The summed E-state index contributed by atoms with van der Waals surface area (Å²) in [6.45, 7) is 7.44. The first-order valence-electron chi connectivity index (χ1n) is 5.73. The van der Waals surface area contributed by atoms with E-state index in [9.17, 15) is 0 Å². The molecule has 0 bridgehead atoms. The summed E-state index contributed by atoms with van der Waals surface area (Å²) in [7, 11) is 0. The van der Waals surface area contributed by atoms with Crippen LogP contribution in [0.3, 0.4) is 0 Å². The van der Waals surface area contributed by atoms with Gasteiger partial charge in [0.1, 0.15) is 0 Å². The molecule has 15 heavy (non-hydrogen) atoms. The zero-order valence-corrected chi connectivity index (χ0v) is 9.66. The Labute approximate surface area is 92.1 Å². The summed E-state index contributed by atoms with van der Waals surface area (Å²) in [5.41, 5.74) is 9.82. The Hall–Kier alpha value is -1.02. The van der Waals surface area contributed by atoms with Crippen LogP contribution in [0.2, 0.25) is 0 Å². The number of benzene rings is 1. The second kappa shape index (κ2) is 4.23. The monoisotopic (exact) mass is 204 g/mol. The number of anilines is 1. The van der Waals surface area contributed by atoms with Gasteiger partial charge in [-0.1, -0.05) is 17.7 Å². The first kappa shape index (κ1) is 10.5. The zero-order chi connectivity index (χ0) is 10.8. The summed E-state index contributed by atoms with van der Waals surface area (Å²) in [5.74, 6) is 0.686. The number of hydrogen-bond donors (Lipinski definition) is 1. The fourth-order valence-corrected chi connectivity index (χ4v) is 2.40. The Kier molecular flexibility index (Phi) is 2.96. The highest BCUT2D eigenvalue weighted by Gasteiger charge is 2.22. The van der Waals surface area contributed by atoms with Crippen molar-refractivity contribution in [3.63, 3.8) is 0 Å². The number of nitrogens with zero attached hydrogens (tertiary/aromatic N) is 1. The van der Waals surface area contributed by atoms with Crippen molar-refractivity contribution in [3.05, 3.63) is 29.3 Å². The third kappa shape index (κ3) is 2.15. The van der Waals surface area contributed by atoms with Crippen LogP contribution >= 0.6 is 0 Å². The lowest BCUT2D eigenvalue weighted by Gasteiger charge is -2.21. The van der Waals surface area contributed by atoms with Crippen molar-refractivity contribution >= 4 is 5.69 Å². The first-order chi connectivity index (χ1) is 7.20. The lowest BCUT2D eigenvalue weighted by Crippen LogP contribution is -2.23. The highest BCUT2D eigenvalue weighted by Crippen LogP contribution is 2.26. The van der Waals surface area contributed by atoms with Gasteiger partial charge in [0.05, 0.1) is 0 Å². The molecule has 2 nitrogen and oxygen atoms in total. The number of rotatable bonds is 2. The van der Waals surface area contributed by atoms with E-state index >= 15 is 0 Å². The molecule has 1 aliphatic rings. The number of aryl methyl sites for hydroxylation is 2. The molecule has 82 valence electrons. The maximum absolute atomic E-state index is 5.71. The van der Waals surface area contributed by atoms with Crippen LogP contribution in [0.15, 0.2) is 18.2 Å². The topological polar surface area (TPSA) is 29.3 Å². The molecule has 1 heterocycles. The molecule has 1 unspecified atom stereocenters. The van der Waals surface area contributed by atoms with E-state index < -0.39 is 0 Å². The summed E-state index contributed by atoms with van der Waals surface area (Å²) in [6.07, 6.45) is 1.24. The number of nitrogens with two attached hydrogens (primary N) is 1. The van der Waals surface area contributed by atoms with Gasteiger partial charge in [0.15, 0.2) is 0 Å². The van der Waals surface area contributed by atoms with E-state index in [4.69, 9.17) is 5.73 Å². The molecule has 0 amide bonds. The van der Waals surface area contributed by atoms with Gasteiger partial charge in [0.25, 0.3) is 0 Å². The molecule has 1 fully saturated rings. The van der Waals surface area contributed by atoms with Gasteiger partial charge in [-0.25, -0.2) is 0 Å². The lowest BCUT2D eigenvalue weighted by molar-refractivity contribution is 0.602. The molecular weight excluding hydrogens is 184 g/mol. The average molecular weight is 204 g/mol.